The number of nitrogens with zero attached hydrogens (tertiary/aromatic N) is 3. The summed E-state index contributed by atoms with van der Waals surface area (Å²) in [5.41, 5.74) is 1.09. The molecule has 2 N–H and O–H groups in total. The van der Waals surface area contributed by atoms with Gasteiger partial charge in [-0.3, -0.25) is 9.78 Å². The number of carbonyl (C=O) groups is 1. The highest BCUT2D eigenvalue weighted by atomic mass is 16.2. The van der Waals surface area contributed by atoms with Crippen LogP contribution in [-0.4, -0.2) is 26.4 Å². The summed E-state index contributed by atoms with van der Waals surface area (Å²) in [5, 5.41) is 6.09. The molecule has 0 spiro atoms. The number of nitrogens with one attached hydrogen (secondary N) is 2. The van der Waals surface area contributed by atoms with E-state index in [-0.39, 0.29) is 11.4 Å². The summed E-state index contributed by atoms with van der Waals surface area (Å²) in [6.45, 7) is 8.15. The molecule has 22 heavy (non-hydrogen) atoms. The third-order valence-electron chi connectivity index (χ3n) is 2.76. The fourth-order valence-electron chi connectivity index (χ4n) is 1.87. The van der Waals surface area contributed by atoms with Crippen molar-refractivity contribution in [3.8, 4) is 0 Å². The quantitative estimate of drug-likeness (QED) is 0.905. The predicted molar refractivity (Wildman–Crippen MR) is 85.6 cm³/mol. The third kappa shape index (κ3) is 4.80. The Labute approximate surface area is 130 Å². The zero-order valence-corrected chi connectivity index (χ0v) is 13.3. The molecule has 6 heteroatoms. The molecule has 0 unspecified atom stereocenters. The van der Waals surface area contributed by atoms with Crippen LogP contribution in [0.1, 0.15) is 42.6 Å². The molecule has 0 aliphatic carbocycles. The van der Waals surface area contributed by atoms with E-state index in [1.165, 1.54) is 0 Å². The van der Waals surface area contributed by atoms with Crippen LogP contribution in [0.5, 0.6) is 0 Å². The van der Waals surface area contributed by atoms with Gasteiger partial charge in [0.25, 0.3) is 5.91 Å². The fourth-order valence-corrected chi connectivity index (χ4v) is 1.87. The van der Waals surface area contributed by atoms with E-state index >= 15 is 0 Å². The van der Waals surface area contributed by atoms with Gasteiger partial charge in [-0.05, 0) is 39.3 Å². The molecule has 0 atom stereocenters. The van der Waals surface area contributed by atoms with Crippen LogP contribution in [0.3, 0.4) is 0 Å². The van der Waals surface area contributed by atoms with Crippen LogP contribution >= 0.6 is 0 Å². The number of amides is 1. The Morgan fingerprint density at radius 2 is 2.05 bits per heavy atom. The van der Waals surface area contributed by atoms with Gasteiger partial charge in [0.15, 0.2) is 0 Å². The molecule has 0 saturated carbocycles. The van der Waals surface area contributed by atoms with Crippen molar-refractivity contribution in [2.24, 2.45) is 0 Å². The molecule has 1 amide bonds. The largest absolute Gasteiger partial charge is 0.366 e. The van der Waals surface area contributed by atoms with Crippen molar-refractivity contribution in [1.82, 2.24) is 20.3 Å². The van der Waals surface area contributed by atoms with Gasteiger partial charge in [-0.15, -0.1) is 0 Å². The van der Waals surface area contributed by atoms with Gasteiger partial charge < -0.3 is 10.6 Å². The van der Waals surface area contributed by atoms with Gasteiger partial charge in [-0.2, -0.15) is 0 Å². The smallest absolute Gasteiger partial charge is 0.270 e. The minimum absolute atomic E-state index is 0.206. The van der Waals surface area contributed by atoms with E-state index in [9.17, 15) is 4.79 Å². The summed E-state index contributed by atoms with van der Waals surface area (Å²) in [7, 11) is 0. The van der Waals surface area contributed by atoms with Crippen LogP contribution in [-0.2, 0) is 6.54 Å². The molecule has 6 nitrogen and oxygen atoms in total. The normalized spacial score (nSPS) is 11.1. The maximum atomic E-state index is 12.2. The number of aromatic nitrogens is 3. The highest BCUT2D eigenvalue weighted by Gasteiger charge is 2.17. The van der Waals surface area contributed by atoms with Crippen molar-refractivity contribution in [2.75, 3.05) is 5.32 Å². The first-order chi connectivity index (χ1) is 10.3. The summed E-state index contributed by atoms with van der Waals surface area (Å²) >= 11 is 0. The first kappa shape index (κ1) is 15.9. The monoisotopic (exact) mass is 299 g/mol. The zero-order valence-electron chi connectivity index (χ0n) is 13.3. The van der Waals surface area contributed by atoms with Crippen LogP contribution in [0.15, 0.2) is 30.6 Å². The average Bonchev–Trinajstić information content (AvgIpc) is 2.44. The van der Waals surface area contributed by atoms with E-state index in [1.54, 1.807) is 25.4 Å². The second-order valence-corrected chi connectivity index (χ2v) is 6.10. The van der Waals surface area contributed by atoms with E-state index in [1.807, 2.05) is 32.9 Å². The lowest BCUT2D eigenvalue weighted by molar-refractivity contribution is 0.0914. The minimum Gasteiger partial charge on any atom is -0.366 e. The maximum Gasteiger partial charge on any atom is 0.270 e. The lowest BCUT2D eigenvalue weighted by Crippen LogP contribution is -2.41. The summed E-state index contributed by atoms with van der Waals surface area (Å²) in [6.07, 6.45) is 3.52. The summed E-state index contributed by atoms with van der Waals surface area (Å²) < 4.78 is 0. The Hall–Kier alpha value is -2.50. The molecule has 2 heterocycles. The SMILES string of the molecule is Cc1nc(NCc2cccnc2)cc(C(=O)NC(C)(C)C)n1. The first-order valence-electron chi connectivity index (χ1n) is 7.14. The number of carbonyl (C=O) groups excluding carboxylic acids is 1. The molecular formula is C16H21N5O. The van der Waals surface area contributed by atoms with Gasteiger partial charge in [-0.25, -0.2) is 9.97 Å². The molecule has 2 rings (SSSR count). The van der Waals surface area contributed by atoms with Gasteiger partial charge >= 0.3 is 0 Å². The molecule has 0 bridgehead atoms. The Morgan fingerprint density at radius 3 is 2.68 bits per heavy atom. The highest BCUT2D eigenvalue weighted by Crippen LogP contribution is 2.10. The van der Waals surface area contributed by atoms with Crippen LogP contribution in [0.2, 0.25) is 0 Å². The van der Waals surface area contributed by atoms with Crippen LogP contribution in [0.4, 0.5) is 5.82 Å². The lowest BCUT2D eigenvalue weighted by atomic mass is 10.1. The standard InChI is InChI=1S/C16H21N5O/c1-11-19-13(15(22)21-16(2,3)4)8-14(20-11)18-10-12-6-5-7-17-9-12/h5-9H,10H2,1-4H3,(H,21,22)(H,18,19,20). The molecule has 0 aliphatic heterocycles. The second kappa shape index (κ2) is 6.51. The van der Waals surface area contributed by atoms with Crippen molar-refractivity contribution in [2.45, 2.75) is 39.8 Å². The maximum absolute atomic E-state index is 12.2. The van der Waals surface area contributed by atoms with Gasteiger partial charge in [0.2, 0.25) is 0 Å². The highest BCUT2D eigenvalue weighted by molar-refractivity contribution is 5.93. The molecule has 0 aromatic carbocycles. The number of hydrogen-bond acceptors (Lipinski definition) is 5. The molecule has 0 saturated heterocycles. The van der Waals surface area contributed by atoms with Gasteiger partial charge in [0.1, 0.15) is 17.3 Å². The summed E-state index contributed by atoms with van der Waals surface area (Å²) in [4.78, 5) is 24.8. The van der Waals surface area contributed by atoms with Gasteiger partial charge in [0, 0.05) is 30.5 Å². The topological polar surface area (TPSA) is 79.8 Å². The Kier molecular flexibility index (Phi) is 4.70. The van der Waals surface area contributed by atoms with Crippen LogP contribution in [0, 0.1) is 6.92 Å². The number of hydrogen-bond donors (Lipinski definition) is 2. The number of aryl methyl sites for hydroxylation is 1. The van der Waals surface area contributed by atoms with Crippen LogP contribution < -0.4 is 10.6 Å². The summed E-state index contributed by atoms with van der Waals surface area (Å²) in [6, 6.07) is 5.51. The molecule has 0 radical (unpaired) electrons. The van der Waals surface area contributed by atoms with Crippen molar-refractivity contribution in [3.63, 3.8) is 0 Å². The van der Waals surface area contributed by atoms with Crippen molar-refractivity contribution >= 4 is 11.7 Å². The molecule has 2 aromatic rings. The van der Waals surface area contributed by atoms with E-state index in [2.05, 4.69) is 25.6 Å². The van der Waals surface area contributed by atoms with E-state index < -0.39 is 0 Å². The van der Waals surface area contributed by atoms with Gasteiger partial charge in [0.05, 0.1) is 0 Å². The van der Waals surface area contributed by atoms with Crippen LogP contribution in [0.25, 0.3) is 0 Å². The lowest BCUT2D eigenvalue weighted by Gasteiger charge is -2.20. The Morgan fingerprint density at radius 1 is 1.27 bits per heavy atom. The number of rotatable bonds is 4. The van der Waals surface area contributed by atoms with Crippen molar-refractivity contribution < 1.29 is 4.79 Å². The Balaban J connectivity index is 2.11. The predicted octanol–water partition coefficient (Wildman–Crippen LogP) is 2.32. The molecule has 0 fully saturated rings. The molecule has 2 aromatic heterocycles. The number of anilines is 1. The third-order valence-corrected chi connectivity index (χ3v) is 2.76. The second-order valence-electron chi connectivity index (χ2n) is 6.10. The number of pyridine rings is 1. The van der Waals surface area contributed by atoms with Gasteiger partial charge in [-0.1, -0.05) is 6.07 Å². The Bertz CT molecular complexity index is 649. The van der Waals surface area contributed by atoms with Crippen molar-refractivity contribution in [1.29, 1.82) is 0 Å². The average molecular weight is 299 g/mol. The zero-order chi connectivity index (χ0) is 16.2. The van der Waals surface area contributed by atoms with E-state index in [0.717, 1.165) is 5.56 Å². The summed E-state index contributed by atoms with van der Waals surface area (Å²) in [5.74, 6) is 0.966. The minimum atomic E-state index is -0.306. The molecule has 116 valence electrons. The van der Waals surface area contributed by atoms with E-state index in [0.29, 0.717) is 23.9 Å². The van der Waals surface area contributed by atoms with Crippen molar-refractivity contribution in [3.05, 3.63) is 47.7 Å². The molecule has 0 aliphatic rings. The fraction of sp³-hybridized carbons (Fsp3) is 0.375. The molecular weight excluding hydrogens is 278 g/mol. The van der Waals surface area contributed by atoms with E-state index in [4.69, 9.17) is 0 Å². The first-order valence-corrected chi connectivity index (χ1v) is 7.14.